The summed E-state index contributed by atoms with van der Waals surface area (Å²) in [6, 6.07) is 5.48. The van der Waals surface area contributed by atoms with Crippen LogP contribution in [0.25, 0.3) is 0 Å². The molecule has 1 atom stereocenters. The Balaban J connectivity index is 1.78. The first-order valence-electron chi connectivity index (χ1n) is 9.43. The molecule has 1 aliphatic rings. The Labute approximate surface area is 167 Å². The molecule has 1 aromatic heterocycles. The highest BCUT2D eigenvalue weighted by Crippen LogP contribution is 2.38. The number of halogens is 1. The topological polar surface area (TPSA) is 64.6 Å². The van der Waals surface area contributed by atoms with Gasteiger partial charge in [-0.1, -0.05) is 0 Å². The summed E-state index contributed by atoms with van der Waals surface area (Å²) in [5.41, 5.74) is 1.46. The predicted octanol–water partition coefficient (Wildman–Crippen LogP) is 4.74. The molecule has 0 radical (unpaired) electrons. The molecule has 0 spiro atoms. The van der Waals surface area contributed by atoms with Gasteiger partial charge in [0.1, 0.15) is 16.6 Å². The molecule has 1 unspecified atom stereocenters. The van der Waals surface area contributed by atoms with E-state index in [1.807, 2.05) is 0 Å². The molecule has 1 heterocycles. The van der Waals surface area contributed by atoms with E-state index in [1.54, 1.807) is 20.8 Å². The minimum atomic E-state index is -0.807. The SMILES string of the molecule is CC(C)OC(=O)c1c(NC(=O)C(C)Oc2ccc(F)cc2)sc2c1CCCC2. The number of ether oxygens (including phenoxy) is 2. The van der Waals surface area contributed by atoms with Crippen molar-refractivity contribution in [2.45, 2.75) is 58.7 Å². The number of fused-ring (bicyclic) bond motifs is 1. The molecule has 1 N–H and O–H groups in total. The molecule has 0 bridgehead atoms. The van der Waals surface area contributed by atoms with Gasteiger partial charge in [-0.2, -0.15) is 0 Å². The van der Waals surface area contributed by atoms with Gasteiger partial charge >= 0.3 is 5.97 Å². The summed E-state index contributed by atoms with van der Waals surface area (Å²) in [5.74, 6) is -0.755. The first-order valence-corrected chi connectivity index (χ1v) is 10.3. The normalized spacial score (nSPS) is 14.3. The third kappa shape index (κ3) is 4.70. The fourth-order valence-electron chi connectivity index (χ4n) is 3.13. The van der Waals surface area contributed by atoms with E-state index in [-0.39, 0.29) is 17.8 Å². The summed E-state index contributed by atoms with van der Waals surface area (Å²) in [6.07, 6.45) is 2.76. The molecule has 3 rings (SSSR count). The summed E-state index contributed by atoms with van der Waals surface area (Å²) in [5, 5.41) is 3.34. The summed E-state index contributed by atoms with van der Waals surface area (Å²) >= 11 is 1.43. The molecule has 0 saturated carbocycles. The van der Waals surface area contributed by atoms with E-state index < -0.39 is 12.1 Å². The molecule has 150 valence electrons. The van der Waals surface area contributed by atoms with Gasteiger partial charge in [0.05, 0.1) is 11.7 Å². The number of esters is 1. The van der Waals surface area contributed by atoms with Crippen molar-refractivity contribution >= 4 is 28.2 Å². The number of hydrogen-bond donors (Lipinski definition) is 1. The average Bonchev–Trinajstić information content (AvgIpc) is 3.00. The van der Waals surface area contributed by atoms with E-state index in [4.69, 9.17) is 9.47 Å². The van der Waals surface area contributed by atoms with Crippen molar-refractivity contribution in [1.29, 1.82) is 0 Å². The number of hydrogen-bond acceptors (Lipinski definition) is 5. The van der Waals surface area contributed by atoms with Crippen LogP contribution >= 0.6 is 11.3 Å². The Morgan fingerprint density at radius 1 is 1.11 bits per heavy atom. The fraction of sp³-hybridized carbons (Fsp3) is 0.429. The van der Waals surface area contributed by atoms with E-state index >= 15 is 0 Å². The van der Waals surface area contributed by atoms with Crippen LogP contribution in [0.15, 0.2) is 24.3 Å². The number of rotatable bonds is 6. The maximum absolute atomic E-state index is 13.0. The van der Waals surface area contributed by atoms with Crippen LogP contribution in [0.4, 0.5) is 9.39 Å². The smallest absolute Gasteiger partial charge is 0.341 e. The zero-order valence-electron chi connectivity index (χ0n) is 16.2. The van der Waals surface area contributed by atoms with Gasteiger partial charge in [-0.25, -0.2) is 9.18 Å². The molecule has 1 aliphatic carbocycles. The van der Waals surface area contributed by atoms with E-state index in [1.165, 1.54) is 35.6 Å². The summed E-state index contributed by atoms with van der Waals surface area (Å²) < 4.78 is 24.0. The lowest BCUT2D eigenvalue weighted by Gasteiger charge is -2.16. The van der Waals surface area contributed by atoms with Gasteiger partial charge in [0, 0.05) is 4.88 Å². The number of carbonyl (C=O) groups is 2. The lowest BCUT2D eigenvalue weighted by Crippen LogP contribution is -2.30. The lowest BCUT2D eigenvalue weighted by atomic mass is 9.95. The van der Waals surface area contributed by atoms with Crippen molar-refractivity contribution in [3.8, 4) is 5.75 Å². The van der Waals surface area contributed by atoms with Crippen LogP contribution in [0.1, 0.15) is 54.4 Å². The second-order valence-corrected chi connectivity index (χ2v) is 8.18. The Morgan fingerprint density at radius 3 is 2.46 bits per heavy atom. The maximum atomic E-state index is 13.0. The van der Waals surface area contributed by atoms with E-state index in [2.05, 4.69) is 5.32 Å². The molecule has 0 aliphatic heterocycles. The quantitative estimate of drug-likeness (QED) is 0.705. The molecule has 0 fully saturated rings. The zero-order valence-corrected chi connectivity index (χ0v) is 17.0. The van der Waals surface area contributed by atoms with Crippen LogP contribution in [0.3, 0.4) is 0 Å². The second kappa shape index (κ2) is 8.73. The van der Waals surface area contributed by atoms with Crippen LogP contribution in [0.5, 0.6) is 5.75 Å². The van der Waals surface area contributed by atoms with Gasteiger partial charge < -0.3 is 14.8 Å². The molecule has 2 aromatic rings. The highest BCUT2D eigenvalue weighted by molar-refractivity contribution is 7.17. The third-order valence-corrected chi connectivity index (χ3v) is 5.66. The molecule has 28 heavy (non-hydrogen) atoms. The predicted molar refractivity (Wildman–Crippen MR) is 107 cm³/mol. The Bertz CT molecular complexity index is 860. The summed E-state index contributed by atoms with van der Waals surface area (Å²) in [6.45, 7) is 5.21. The number of nitrogens with one attached hydrogen (secondary N) is 1. The molecule has 1 aromatic carbocycles. The van der Waals surface area contributed by atoms with Crippen molar-refractivity contribution in [1.82, 2.24) is 0 Å². The van der Waals surface area contributed by atoms with E-state index in [0.717, 1.165) is 36.1 Å². The van der Waals surface area contributed by atoms with Gasteiger partial charge in [0.25, 0.3) is 5.91 Å². The summed E-state index contributed by atoms with van der Waals surface area (Å²) in [4.78, 5) is 26.4. The largest absolute Gasteiger partial charge is 0.481 e. The van der Waals surface area contributed by atoms with Crippen molar-refractivity contribution in [2.75, 3.05) is 5.32 Å². The van der Waals surface area contributed by atoms with Crippen LogP contribution in [-0.4, -0.2) is 24.1 Å². The standard InChI is InChI=1S/C21H24FNO4S/c1-12(2)26-21(25)18-16-6-4-5-7-17(16)28-20(18)23-19(24)13(3)27-15-10-8-14(22)9-11-15/h8-13H,4-7H2,1-3H3,(H,23,24). The number of amides is 1. The number of aryl methyl sites for hydroxylation is 1. The monoisotopic (exact) mass is 405 g/mol. The van der Waals surface area contributed by atoms with Crippen LogP contribution in [0, 0.1) is 5.82 Å². The van der Waals surface area contributed by atoms with Gasteiger partial charge in [-0.15, -0.1) is 11.3 Å². The number of thiophene rings is 1. The van der Waals surface area contributed by atoms with Crippen molar-refractivity contribution in [2.24, 2.45) is 0 Å². The molecular weight excluding hydrogens is 381 g/mol. The second-order valence-electron chi connectivity index (χ2n) is 7.07. The van der Waals surface area contributed by atoms with Crippen molar-refractivity contribution in [3.05, 3.63) is 46.1 Å². The number of benzene rings is 1. The van der Waals surface area contributed by atoms with Crippen molar-refractivity contribution in [3.63, 3.8) is 0 Å². The molecule has 7 heteroatoms. The van der Waals surface area contributed by atoms with E-state index in [9.17, 15) is 14.0 Å². The highest BCUT2D eigenvalue weighted by Gasteiger charge is 2.29. The molecule has 1 amide bonds. The lowest BCUT2D eigenvalue weighted by molar-refractivity contribution is -0.122. The zero-order chi connectivity index (χ0) is 20.3. The van der Waals surface area contributed by atoms with Gasteiger partial charge in [0.15, 0.2) is 6.10 Å². The molecule has 5 nitrogen and oxygen atoms in total. The van der Waals surface area contributed by atoms with E-state index in [0.29, 0.717) is 16.3 Å². The third-order valence-electron chi connectivity index (χ3n) is 4.45. The van der Waals surface area contributed by atoms with Gasteiger partial charge in [-0.3, -0.25) is 4.79 Å². The van der Waals surface area contributed by atoms with Gasteiger partial charge in [0.2, 0.25) is 0 Å². The van der Waals surface area contributed by atoms with Crippen LogP contribution in [-0.2, 0) is 22.4 Å². The van der Waals surface area contributed by atoms with Gasteiger partial charge in [-0.05, 0) is 76.3 Å². The number of anilines is 1. The first kappa shape index (κ1) is 20.3. The van der Waals surface area contributed by atoms with Crippen LogP contribution < -0.4 is 10.1 Å². The average molecular weight is 405 g/mol. The Hall–Kier alpha value is -2.41. The molecular formula is C21H24FNO4S. The van der Waals surface area contributed by atoms with Crippen LogP contribution in [0.2, 0.25) is 0 Å². The van der Waals surface area contributed by atoms with Crippen molar-refractivity contribution < 1.29 is 23.5 Å². The number of carbonyl (C=O) groups excluding carboxylic acids is 2. The molecule has 0 saturated heterocycles. The minimum absolute atomic E-state index is 0.240. The highest BCUT2D eigenvalue weighted by atomic mass is 32.1. The summed E-state index contributed by atoms with van der Waals surface area (Å²) in [7, 11) is 0. The Morgan fingerprint density at radius 2 is 1.79 bits per heavy atom. The minimum Gasteiger partial charge on any atom is -0.481 e. The first-order chi connectivity index (χ1) is 13.3. The Kier molecular flexibility index (Phi) is 6.34. The fourth-order valence-corrected chi connectivity index (χ4v) is 4.41. The maximum Gasteiger partial charge on any atom is 0.341 e.